The maximum absolute atomic E-state index is 2.30. The smallest absolute Gasteiger partial charge is 0.0291 e. The molecule has 0 amide bonds. The molecule has 1 fully saturated rings. The van der Waals surface area contributed by atoms with Crippen LogP contribution in [0.25, 0.3) is 0 Å². The second-order valence-electron chi connectivity index (χ2n) is 2.77. The van der Waals surface area contributed by atoms with Crippen molar-refractivity contribution < 1.29 is 0 Å². The third-order valence-corrected chi connectivity index (χ3v) is 7.30. The molecule has 68 valence electrons. The van der Waals surface area contributed by atoms with Gasteiger partial charge < -0.3 is 0 Å². The van der Waals surface area contributed by atoms with Gasteiger partial charge in [-0.25, -0.2) is 0 Å². The van der Waals surface area contributed by atoms with Crippen molar-refractivity contribution >= 4 is 47.0 Å². The molecule has 0 aromatic rings. The molecule has 1 unspecified atom stereocenters. The van der Waals surface area contributed by atoms with E-state index in [9.17, 15) is 0 Å². The summed E-state index contributed by atoms with van der Waals surface area (Å²) in [7, 11) is 0. The lowest BCUT2D eigenvalue weighted by Gasteiger charge is -2.22. The molecule has 0 nitrogen and oxygen atoms in total. The van der Waals surface area contributed by atoms with Gasteiger partial charge in [-0.15, -0.1) is 23.5 Å². The average Bonchev–Trinajstić information content (AvgIpc) is 2.04. The Kier molecular flexibility index (Phi) is 4.14. The Bertz CT molecular complexity index is 172. The third kappa shape index (κ3) is 2.82. The van der Waals surface area contributed by atoms with Gasteiger partial charge in [-0.1, -0.05) is 0 Å². The van der Waals surface area contributed by atoms with Gasteiger partial charge in [0.25, 0.3) is 0 Å². The van der Waals surface area contributed by atoms with Crippen LogP contribution < -0.4 is 0 Å². The van der Waals surface area contributed by atoms with Crippen molar-refractivity contribution in [3.63, 3.8) is 0 Å². The third-order valence-electron chi connectivity index (χ3n) is 1.78. The molecule has 0 aromatic heterocycles. The summed E-state index contributed by atoms with van der Waals surface area (Å²) >= 11 is 8.30. The van der Waals surface area contributed by atoms with Crippen LogP contribution in [0.5, 0.6) is 0 Å². The van der Waals surface area contributed by atoms with Gasteiger partial charge in [0.2, 0.25) is 0 Å². The number of thioether (sulfide) groups is 4. The zero-order valence-corrected chi connectivity index (χ0v) is 10.1. The molecule has 0 aliphatic carbocycles. The van der Waals surface area contributed by atoms with Crippen LogP contribution in [0.15, 0.2) is 10.3 Å². The maximum atomic E-state index is 2.30. The minimum Gasteiger partial charge on any atom is -0.160 e. The van der Waals surface area contributed by atoms with Gasteiger partial charge in [0.15, 0.2) is 0 Å². The summed E-state index contributed by atoms with van der Waals surface area (Å²) in [5, 5.41) is 3.21. The first-order valence-corrected chi connectivity index (χ1v) is 8.32. The summed E-state index contributed by atoms with van der Waals surface area (Å²) < 4.78 is 0. The highest BCUT2D eigenvalue weighted by Gasteiger charge is 2.16. The first-order valence-electron chi connectivity index (χ1n) is 4.08. The normalized spacial score (nSPS) is 29.3. The summed E-state index contributed by atoms with van der Waals surface area (Å²) in [4.78, 5) is 1.61. The first kappa shape index (κ1) is 9.69. The van der Waals surface area contributed by atoms with E-state index in [2.05, 4.69) is 40.7 Å². The fourth-order valence-corrected chi connectivity index (χ4v) is 6.04. The summed E-state index contributed by atoms with van der Waals surface area (Å²) in [5.41, 5.74) is 0. The monoisotopic (exact) mass is 236 g/mol. The molecule has 2 rings (SSSR count). The average molecular weight is 236 g/mol. The fraction of sp³-hybridized carbons (Fsp3) is 0.750. The van der Waals surface area contributed by atoms with Crippen molar-refractivity contribution in [2.24, 2.45) is 0 Å². The van der Waals surface area contributed by atoms with Gasteiger partial charge in [-0.2, -0.15) is 23.5 Å². The lowest BCUT2D eigenvalue weighted by Crippen LogP contribution is -2.16. The van der Waals surface area contributed by atoms with E-state index in [1.807, 2.05) is 11.8 Å². The van der Waals surface area contributed by atoms with Crippen LogP contribution in [0.3, 0.4) is 0 Å². The van der Waals surface area contributed by atoms with Gasteiger partial charge in [0.1, 0.15) is 0 Å². The Balaban J connectivity index is 1.64. The highest BCUT2D eigenvalue weighted by atomic mass is 32.2. The summed E-state index contributed by atoms with van der Waals surface area (Å²) in [6.45, 7) is 0. The van der Waals surface area contributed by atoms with Gasteiger partial charge in [0, 0.05) is 38.9 Å². The van der Waals surface area contributed by atoms with Crippen molar-refractivity contribution in [2.45, 2.75) is 5.25 Å². The zero-order valence-electron chi connectivity index (χ0n) is 6.82. The largest absolute Gasteiger partial charge is 0.160 e. The topological polar surface area (TPSA) is 0 Å². The van der Waals surface area contributed by atoms with E-state index < -0.39 is 0 Å². The van der Waals surface area contributed by atoms with Crippen molar-refractivity contribution in [2.75, 3.05) is 28.8 Å². The SMILES string of the molecule is C1=C(SCC2CSCCS2)CS1. The predicted molar refractivity (Wildman–Crippen MR) is 66.6 cm³/mol. The minimum atomic E-state index is 0.917. The standard InChI is InChI=1S/C8H12S4/c1-2-11-8(3-9-1)6-12-7-4-10-5-7/h4,8H,1-3,5-6H2. The quantitative estimate of drug-likeness (QED) is 0.738. The van der Waals surface area contributed by atoms with Crippen molar-refractivity contribution in [1.82, 2.24) is 0 Å². The highest BCUT2D eigenvalue weighted by molar-refractivity contribution is 8.11. The van der Waals surface area contributed by atoms with Gasteiger partial charge in [-0.3, -0.25) is 0 Å². The van der Waals surface area contributed by atoms with Crippen molar-refractivity contribution in [3.05, 3.63) is 10.3 Å². The molecule has 4 heteroatoms. The first-order chi connectivity index (χ1) is 5.95. The van der Waals surface area contributed by atoms with E-state index in [1.54, 1.807) is 4.91 Å². The molecule has 1 atom stereocenters. The molecule has 0 saturated carbocycles. The Hall–Kier alpha value is 1.14. The fourth-order valence-electron chi connectivity index (χ4n) is 1.06. The molecule has 0 spiro atoms. The van der Waals surface area contributed by atoms with Crippen LogP contribution in [-0.4, -0.2) is 34.0 Å². The second kappa shape index (κ2) is 5.13. The molecule has 0 aromatic carbocycles. The molecule has 1 saturated heterocycles. The number of rotatable bonds is 3. The Morgan fingerprint density at radius 3 is 3.00 bits per heavy atom. The van der Waals surface area contributed by atoms with Crippen LogP contribution >= 0.6 is 47.0 Å². The van der Waals surface area contributed by atoms with E-state index in [1.165, 1.54) is 28.8 Å². The molecule has 2 aliphatic rings. The van der Waals surface area contributed by atoms with Gasteiger partial charge >= 0.3 is 0 Å². The summed E-state index contributed by atoms with van der Waals surface area (Å²) in [6.07, 6.45) is 0. The van der Waals surface area contributed by atoms with E-state index in [0.29, 0.717) is 0 Å². The highest BCUT2D eigenvalue weighted by Crippen LogP contribution is 2.35. The molecule has 12 heavy (non-hydrogen) atoms. The minimum absolute atomic E-state index is 0.917. The maximum Gasteiger partial charge on any atom is 0.0291 e. The second-order valence-corrected chi connectivity index (χ2v) is 7.34. The van der Waals surface area contributed by atoms with Crippen LogP contribution in [0.1, 0.15) is 0 Å². The molecular formula is C8H12S4. The zero-order chi connectivity index (χ0) is 8.23. The van der Waals surface area contributed by atoms with Crippen LogP contribution in [0.4, 0.5) is 0 Å². The predicted octanol–water partition coefficient (Wildman–Crippen LogP) is 3.16. The molecule has 0 bridgehead atoms. The van der Waals surface area contributed by atoms with E-state index in [0.717, 1.165) is 5.25 Å². The Morgan fingerprint density at radius 2 is 2.42 bits per heavy atom. The Labute approximate surface area is 91.1 Å². The lowest BCUT2D eigenvalue weighted by molar-refractivity contribution is 1.13. The molecule has 0 N–H and O–H groups in total. The summed E-state index contributed by atoms with van der Waals surface area (Å²) in [5.74, 6) is 6.71. The van der Waals surface area contributed by atoms with Crippen LogP contribution in [0.2, 0.25) is 0 Å². The van der Waals surface area contributed by atoms with Gasteiger partial charge in [-0.05, 0) is 5.41 Å². The van der Waals surface area contributed by atoms with Crippen molar-refractivity contribution in [1.29, 1.82) is 0 Å². The van der Waals surface area contributed by atoms with Crippen LogP contribution in [0, 0.1) is 0 Å². The molecule has 2 aliphatic heterocycles. The van der Waals surface area contributed by atoms with Crippen molar-refractivity contribution in [3.8, 4) is 0 Å². The molecule has 2 heterocycles. The molecular weight excluding hydrogens is 224 g/mol. The molecule has 0 radical (unpaired) electrons. The lowest BCUT2D eigenvalue weighted by atomic mass is 10.5. The Morgan fingerprint density at radius 1 is 1.50 bits per heavy atom. The van der Waals surface area contributed by atoms with Crippen LogP contribution in [-0.2, 0) is 0 Å². The van der Waals surface area contributed by atoms with E-state index in [-0.39, 0.29) is 0 Å². The van der Waals surface area contributed by atoms with E-state index >= 15 is 0 Å². The van der Waals surface area contributed by atoms with E-state index in [4.69, 9.17) is 0 Å². The summed E-state index contributed by atoms with van der Waals surface area (Å²) in [6, 6.07) is 0. The number of hydrogen-bond acceptors (Lipinski definition) is 4. The van der Waals surface area contributed by atoms with Gasteiger partial charge in [0.05, 0.1) is 0 Å². The number of hydrogen-bond donors (Lipinski definition) is 0.